The van der Waals surface area contributed by atoms with Crippen LogP contribution < -0.4 is 0 Å². The highest BCUT2D eigenvalue weighted by atomic mass is 16.3. The summed E-state index contributed by atoms with van der Waals surface area (Å²) < 4.78 is 5.91. The second-order valence-corrected chi connectivity index (χ2v) is 8.90. The van der Waals surface area contributed by atoms with Crippen LogP contribution in [-0.4, -0.2) is 15.0 Å². The summed E-state index contributed by atoms with van der Waals surface area (Å²) in [6, 6.07) is 32.9. The largest absolute Gasteiger partial charge is 0.436 e. The number of hydrogen-bond donors (Lipinski definition) is 0. The second-order valence-electron chi connectivity index (χ2n) is 8.90. The zero-order chi connectivity index (χ0) is 23.8. The van der Waals surface area contributed by atoms with Gasteiger partial charge in [-0.15, -0.1) is 0 Å². The Morgan fingerprint density at radius 2 is 1.14 bits per heavy atom. The molecule has 0 spiro atoms. The van der Waals surface area contributed by atoms with Gasteiger partial charge >= 0.3 is 0 Å². The Morgan fingerprint density at radius 3 is 1.77 bits per heavy atom. The molecule has 0 saturated carbocycles. The first kappa shape index (κ1) is 21.2. The second kappa shape index (κ2) is 8.80. The monoisotopic (exact) mass is 455 g/mol. The molecule has 6 rings (SSSR count). The third-order valence-electron chi connectivity index (χ3n) is 6.59. The minimum absolute atomic E-state index is 0.334. The molecule has 2 heterocycles. The molecule has 2 aromatic heterocycles. The first-order valence-electron chi connectivity index (χ1n) is 12.0. The summed E-state index contributed by atoms with van der Waals surface area (Å²) >= 11 is 0. The van der Waals surface area contributed by atoms with Crippen molar-refractivity contribution in [2.45, 2.75) is 26.2 Å². The highest BCUT2D eigenvalue weighted by Crippen LogP contribution is 2.32. The van der Waals surface area contributed by atoms with Crippen LogP contribution >= 0.6 is 0 Å². The average molecular weight is 456 g/mol. The zero-order valence-electron chi connectivity index (χ0n) is 19.8. The molecule has 0 aliphatic heterocycles. The van der Waals surface area contributed by atoms with Crippen LogP contribution in [0.25, 0.3) is 56.0 Å². The maximum atomic E-state index is 5.91. The Morgan fingerprint density at radius 1 is 0.600 bits per heavy atom. The van der Waals surface area contributed by atoms with E-state index in [1.54, 1.807) is 0 Å². The van der Waals surface area contributed by atoms with E-state index >= 15 is 0 Å². The number of oxazole rings is 1. The Kier molecular flexibility index (Phi) is 5.34. The number of para-hydroxylation sites is 4. The van der Waals surface area contributed by atoms with Gasteiger partial charge in [0.15, 0.2) is 5.58 Å². The number of benzene rings is 4. The molecular weight excluding hydrogens is 430 g/mol. The van der Waals surface area contributed by atoms with E-state index < -0.39 is 0 Å². The minimum Gasteiger partial charge on any atom is -0.436 e. The Labute approximate surface area is 204 Å². The van der Waals surface area contributed by atoms with Crippen molar-refractivity contribution in [3.63, 3.8) is 0 Å². The van der Waals surface area contributed by atoms with Crippen molar-refractivity contribution >= 4 is 22.1 Å². The fraction of sp³-hybridized carbons (Fsp3) is 0.129. The van der Waals surface area contributed by atoms with Crippen LogP contribution in [0.1, 0.15) is 31.9 Å². The highest BCUT2D eigenvalue weighted by Gasteiger charge is 2.16. The van der Waals surface area contributed by atoms with Gasteiger partial charge in [0.05, 0.1) is 22.4 Å². The molecule has 0 radical (unpaired) electrons. The van der Waals surface area contributed by atoms with Crippen molar-refractivity contribution in [1.82, 2.24) is 15.0 Å². The van der Waals surface area contributed by atoms with Crippen LogP contribution in [0.3, 0.4) is 0 Å². The molecular formula is C31H25N3O. The molecule has 0 fully saturated rings. The van der Waals surface area contributed by atoms with Gasteiger partial charge in [0.1, 0.15) is 5.52 Å². The number of aromatic nitrogens is 3. The lowest BCUT2D eigenvalue weighted by Crippen LogP contribution is -2.02. The van der Waals surface area contributed by atoms with E-state index in [9.17, 15) is 0 Å². The average Bonchev–Trinajstić information content (AvgIpc) is 3.36. The topological polar surface area (TPSA) is 51.8 Å². The molecule has 0 N–H and O–H groups in total. The van der Waals surface area contributed by atoms with Gasteiger partial charge in [-0.05, 0) is 53.9 Å². The van der Waals surface area contributed by atoms with E-state index in [1.165, 1.54) is 0 Å². The molecule has 1 unspecified atom stereocenters. The van der Waals surface area contributed by atoms with Crippen molar-refractivity contribution < 1.29 is 4.42 Å². The van der Waals surface area contributed by atoms with E-state index in [2.05, 4.69) is 67.4 Å². The molecule has 0 saturated heterocycles. The zero-order valence-corrected chi connectivity index (χ0v) is 19.8. The molecule has 0 aliphatic rings. The molecule has 0 amide bonds. The van der Waals surface area contributed by atoms with Gasteiger partial charge in [-0.1, -0.05) is 74.5 Å². The Balaban J connectivity index is 1.32. The van der Waals surface area contributed by atoms with Crippen LogP contribution in [-0.2, 0) is 0 Å². The fourth-order valence-corrected chi connectivity index (χ4v) is 4.38. The molecule has 4 aromatic carbocycles. The van der Waals surface area contributed by atoms with Gasteiger partial charge in [-0.2, -0.15) is 0 Å². The van der Waals surface area contributed by atoms with Crippen molar-refractivity contribution in [1.29, 1.82) is 0 Å². The molecule has 35 heavy (non-hydrogen) atoms. The molecule has 6 aromatic rings. The van der Waals surface area contributed by atoms with Gasteiger partial charge in [-0.25, -0.2) is 15.0 Å². The SMILES string of the molecule is CCC(C)c1nc2ccccc2nc1-c1ccc(-c2ccc(-c3nc4ccccc4o3)cc2)cc1. The summed E-state index contributed by atoms with van der Waals surface area (Å²) in [5.41, 5.74) is 9.91. The molecule has 0 bridgehead atoms. The Bertz CT molecular complexity index is 1600. The van der Waals surface area contributed by atoms with Crippen molar-refractivity contribution in [2.24, 2.45) is 0 Å². The van der Waals surface area contributed by atoms with Crippen LogP contribution in [0, 0.1) is 0 Å². The van der Waals surface area contributed by atoms with Crippen molar-refractivity contribution in [3.05, 3.63) is 103 Å². The summed E-state index contributed by atoms with van der Waals surface area (Å²) in [5.74, 6) is 0.974. The van der Waals surface area contributed by atoms with E-state index in [0.29, 0.717) is 11.8 Å². The molecule has 0 aliphatic carbocycles. The number of hydrogen-bond acceptors (Lipinski definition) is 4. The summed E-state index contributed by atoms with van der Waals surface area (Å²) in [6.07, 6.45) is 1.02. The van der Waals surface area contributed by atoms with Gasteiger partial charge in [0, 0.05) is 17.0 Å². The van der Waals surface area contributed by atoms with E-state index in [0.717, 1.165) is 62.2 Å². The first-order valence-corrected chi connectivity index (χ1v) is 12.0. The van der Waals surface area contributed by atoms with Gasteiger partial charge < -0.3 is 4.42 Å². The summed E-state index contributed by atoms with van der Waals surface area (Å²) in [5, 5.41) is 0. The molecule has 4 nitrogen and oxygen atoms in total. The van der Waals surface area contributed by atoms with Gasteiger partial charge in [0.25, 0.3) is 0 Å². The lowest BCUT2D eigenvalue weighted by atomic mass is 9.96. The fourth-order valence-electron chi connectivity index (χ4n) is 4.38. The third kappa shape index (κ3) is 3.97. The molecule has 4 heteroatoms. The summed E-state index contributed by atoms with van der Waals surface area (Å²) in [4.78, 5) is 14.6. The lowest BCUT2D eigenvalue weighted by Gasteiger charge is -2.15. The Hall–Kier alpha value is -4.31. The lowest BCUT2D eigenvalue weighted by molar-refractivity contribution is 0.620. The quantitative estimate of drug-likeness (QED) is 0.262. The van der Waals surface area contributed by atoms with Crippen molar-refractivity contribution in [2.75, 3.05) is 0 Å². The summed E-state index contributed by atoms with van der Waals surface area (Å²) in [7, 11) is 0. The van der Waals surface area contributed by atoms with Gasteiger partial charge in [0.2, 0.25) is 5.89 Å². The highest BCUT2D eigenvalue weighted by molar-refractivity contribution is 5.80. The standard InChI is InChI=1S/C31H25N3O/c1-3-20(2)29-30(33-26-9-5-4-8-25(26)32-29)23-16-12-21(13-17-23)22-14-18-24(19-15-22)31-34-27-10-6-7-11-28(27)35-31/h4-20H,3H2,1-2H3. The number of rotatable bonds is 5. The van der Waals surface area contributed by atoms with Crippen LogP contribution in [0.2, 0.25) is 0 Å². The van der Waals surface area contributed by atoms with Crippen LogP contribution in [0.4, 0.5) is 0 Å². The number of fused-ring (bicyclic) bond motifs is 2. The predicted octanol–water partition coefficient (Wildman–Crippen LogP) is 8.29. The van der Waals surface area contributed by atoms with Crippen molar-refractivity contribution in [3.8, 4) is 33.8 Å². The first-order chi connectivity index (χ1) is 17.2. The summed E-state index contributed by atoms with van der Waals surface area (Å²) in [6.45, 7) is 4.41. The third-order valence-corrected chi connectivity index (χ3v) is 6.59. The van der Waals surface area contributed by atoms with E-state index in [4.69, 9.17) is 14.4 Å². The van der Waals surface area contributed by atoms with E-state index in [1.807, 2.05) is 48.5 Å². The normalized spacial score (nSPS) is 12.3. The molecule has 170 valence electrons. The molecule has 1 atom stereocenters. The predicted molar refractivity (Wildman–Crippen MR) is 142 cm³/mol. The van der Waals surface area contributed by atoms with Crippen LogP contribution in [0.15, 0.2) is 101 Å². The van der Waals surface area contributed by atoms with Crippen LogP contribution in [0.5, 0.6) is 0 Å². The van der Waals surface area contributed by atoms with E-state index in [-0.39, 0.29) is 0 Å². The number of nitrogens with zero attached hydrogens (tertiary/aromatic N) is 3. The maximum Gasteiger partial charge on any atom is 0.227 e. The van der Waals surface area contributed by atoms with Gasteiger partial charge in [-0.3, -0.25) is 0 Å². The smallest absolute Gasteiger partial charge is 0.227 e. The minimum atomic E-state index is 0.334. The maximum absolute atomic E-state index is 5.91.